The molecule has 0 amide bonds. The molecule has 4 atom stereocenters. The molecule has 2 fully saturated rings. The van der Waals surface area contributed by atoms with Gasteiger partial charge in [0.05, 0.1) is 5.41 Å². The Balaban J connectivity index is 1.70. The van der Waals surface area contributed by atoms with Crippen LogP contribution in [-0.4, -0.2) is 5.97 Å². The van der Waals surface area contributed by atoms with Crippen LogP contribution in [-0.2, 0) is 15.1 Å². The van der Waals surface area contributed by atoms with Crippen molar-refractivity contribution in [2.45, 2.75) is 52.1 Å². The second-order valence-electron chi connectivity index (χ2n) is 10.9. The highest BCUT2D eigenvalue weighted by Crippen LogP contribution is 2.62. The maximum Gasteiger partial charge on any atom is 0.312 e. The minimum absolute atomic E-state index is 0.110. The molecule has 0 spiro atoms. The van der Waals surface area contributed by atoms with Gasteiger partial charge in [-0.25, -0.2) is 0 Å². The molecule has 2 bridgehead atoms. The topological polar surface area (TPSA) is 26.3 Å². The van der Waals surface area contributed by atoms with Gasteiger partial charge in [0.25, 0.3) is 0 Å². The van der Waals surface area contributed by atoms with Crippen molar-refractivity contribution in [2.75, 3.05) is 0 Å². The molecule has 2 saturated carbocycles. The van der Waals surface area contributed by atoms with Crippen LogP contribution in [0, 0.1) is 23.2 Å². The van der Waals surface area contributed by atoms with E-state index in [2.05, 4.69) is 60.7 Å². The molecule has 3 aliphatic rings. The van der Waals surface area contributed by atoms with Crippen LogP contribution in [0.4, 0.5) is 0 Å². The fraction of sp³-hybridized carbons (Fsp3) is 0.414. The van der Waals surface area contributed by atoms with Crippen molar-refractivity contribution < 1.29 is 9.53 Å². The molecule has 0 aliphatic heterocycles. The second-order valence-corrected chi connectivity index (χ2v) is 10.9. The van der Waals surface area contributed by atoms with Crippen molar-refractivity contribution in [1.82, 2.24) is 0 Å². The van der Waals surface area contributed by atoms with Crippen molar-refractivity contribution in [2.24, 2.45) is 23.2 Å². The molecule has 0 radical (unpaired) electrons. The summed E-state index contributed by atoms with van der Waals surface area (Å²) in [5.41, 5.74) is 3.58. The van der Waals surface area contributed by atoms with Crippen LogP contribution in [0.3, 0.4) is 0 Å². The van der Waals surface area contributed by atoms with Crippen LogP contribution in [0.2, 0.25) is 0 Å². The van der Waals surface area contributed by atoms with E-state index in [9.17, 15) is 4.79 Å². The molecular weight excluding hydrogens is 380 g/mol. The van der Waals surface area contributed by atoms with Gasteiger partial charge in [-0.3, -0.25) is 4.79 Å². The van der Waals surface area contributed by atoms with E-state index in [0.29, 0.717) is 11.8 Å². The molecule has 4 unspecified atom stereocenters. The summed E-state index contributed by atoms with van der Waals surface area (Å²) in [5.74, 6) is 1.61. The molecule has 3 aliphatic carbocycles. The fourth-order valence-corrected chi connectivity index (χ4v) is 6.69. The van der Waals surface area contributed by atoms with Crippen molar-refractivity contribution in [3.05, 3.63) is 71.8 Å². The van der Waals surface area contributed by atoms with Gasteiger partial charge < -0.3 is 4.74 Å². The second kappa shape index (κ2) is 6.45. The normalized spacial score (nSPS) is 28.5. The molecule has 2 heteroatoms. The number of benzene rings is 3. The van der Waals surface area contributed by atoms with Gasteiger partial charge in [0.1, 0.15) is 0 Å². The summed E-state index contributed by atoms with van der Waals surface area (Å²) in [7, 11) is 0. The third kappa shape index (κ3) is 2.60. The molecule has 3 aromatic carbocycles. The van der Waals surface area contributed by atoms with Crippen molar-refractivity contribution in [3.8, 4) is 11.1 Å². The van der Waals surface area contributed by atoms with E-state index in [1.165, 1.54) is 52.3 Å². The van der Waals surface area contributed by atoms with Crippen LogP contribution in [0.15, 0.2) is 60.7 Å². The minimum Gasteiger partial charge on any atom is -0.448 e. The predicted octanol–water partition coefficient (Wildman–Crippen LogP) is 7.09. The van der Waals surface area contributed by atoms with Crippen LogP contribution < -0.4 is 0 Å². The SMILES string of the molecule is CC(C)(C)C(=O)OC1(C2CC3CCC2C3)c2ccccc2-c2cccc3cccc1c23. The Morgan fingerprint density at radius 2 is 1.58 bits per heavy atom. The highest BCUT2D eigenvalue weighted by Gasteiger charge is 2.57. The highest BCUT2D eigenvalue weighted by molar-refractivity contribution is 6.03. The maximum absolute atomic E-state index is 13.5. The number of rotatable bonds is 2. The molecule has 0 saturated heterocycles. The molecule has 158 valence electrons. The monoisotopic (exact) mass is 410 g/mol. The summed E-state index contributed by atoms with van der Waals surface area (Å²) in [4.78, 5) is 13.5. The van der Waals surface area contributed by atoms with E-state index >= 15 is 0 Å². The number of carbonyl (C=O) groups excluding carboxylic acids is 1. The molecular formula is C29H30O2. The zero-order chi connectivity index (χ0) is 21.4. The average Bonchev–Trinajstić information content (AvgIpc) is 3.40. The molecule has 31 heavy (non-hydrogen) atoms. The molecule has 0 N–H and O–H groups in total. The maximum atomic E-state index is 13.5. The lowest BCUT2D eigenvalue weighted by Gasteiger charge is -2.47. The average molecular weight is 411 g/mol. The van der Waals surface area contributed by atoms with E-state index in [4.69, 9.17) is 4.74 Å². The molecule has 0 heterocycles. The van der Waals surface area contributed by atoms with E-state index in [1.807, 2.05) is 20.8 Å². The Morgan fingerprint density at radius 3 is 2.29 bits per heavy atom. The van der Waals surface area contributed by atoms with Crippen LogP contribution in [0.1, 0.15) is 57.6 Å². The molecule has 0 aromatic heterocycles. The lowest BCUT2D eigenvalue weighted by atomic mass is 9.63. The summed E-state index contributed by atoms with van der Waals surface area (Å²) >= 11 is 0. The Hall–Kier alpha value is -2.61. The Labute approximate surface area is 184 Å². The molecule has 2 nitrogen and oxygen atoms in total. The summed E-state index contributed by atoms with van der Waals surface area (Å²) in [5, 5.41) is 2.48. The first-order chi connectivity index (χ1) is 14.9. The molecule has 6 rings (SSSR count). The Kier molecular flexibility index (Phi) is 3.97. The largest absolute Gasteiger partial charge is 0.448 e. The highest BCUT2D eigenvalue weighted by atomic mass is 16.6. The van der Waals surface area contributed by atoms with E-state index in [1.54, 1.807) is 0 Å². The summed E-state index contributed by atoms with van der Waals surface area (Å²) in [6, 6.07) is 21.8. The van der Waals surface area contributed by atoms with Crippen molar-refractivity contribution >= 4 is 16.7 Å². The number of hydrogen-bond acceptors (Lipinski definition) is 2. The first-order valence-corrected chi connectivity index (χ1v) is 11.7. The third-order valence-electron chi connectivity index (χ3n) is 8.05. The number of fused-ring (bicyclic) bond motifs is 4. The number of hydrogen-bond donors (Lipinski definition) is 0. The lowest BCUT2D eigenvalue weighted by Crippen LogP contribution is -2.47. The van der Waals surface area contributed by atoms with Gasteiger partial charge >= 0.3 is 5.97 Å². The van der Waals surface area contributed by atoms with E-state index in [0.717, 1.165) is 12.3 Å². The summed E-state index contributed by atoms with van der Waals surface area (Å²) < 4.78 is 6.81. The lowest BCUT2D eigenvalue weighted by molar-refractivity contribution is -0.174. The zero-order valence-electron chi connectivity index (χ0n) is 18.7. The van der Waals surface area contributed by atoms with Gasteiger partial charge in [0.2, 0.25) is 0 Å². The van der Waals surface area contributed by atoms with Crippen molar-refractivity contribution in [1.29, 1.82) is 0 Å². The number of ether oxygens (including phenoxy) is 1. The van der Waals surface area contributed by atoms with Gasteiger partial charge in [0.15, 0.2) is 5.60 Å². The smallest absolute Gasteiger partial charge is 0.312 e. The van der Waals surface area contributed by atoms with Crippen LogP contribution in [0.25, 0.3) is 21.9 Å². The molecule has 3 aromatic rings. The van der Waals surface area contributed by atoms with Gasteiger partial charge in [-0.15, -0.1) is 0 Å². The predicted molar refractivity (Wildman–Crippen MR) is 125 cm³/mol. The third-order valence-corrected chi connectivity index (χ3v) is 8.05. The number of carbonyl (C=O) groups is 1. The first-order valence-electron chi connectivity index (χ1n) is 11.7. The summed E-state index contributed by atoms with van der Waals surface area (Å²) in [6.07, 6.45) is 5.01. The quantitative estimate of drug-likeness (QED) is 0.422. The van der Waals surface area contributed by atoms with Gasteiger partial charge in [0, 0.05) is 17.0 Å². The van der Waals surface area contributed by atoms with Crippen LogP contribution in [0.5, 0.6) is 0 Å². The minimum atomic E-state index is -0.714. The summed E-state index contributed by atoms with van der Waals surface area (Å²) in [6.45, 7) is 5.90. The van der Waals surface area contributed by atoms with Crippen LogP contribution >= 0.6 is 0 Å². The number of esters is 1. The van der Waals surface area contributed by atoms with E-state index in [-0.39, 0.29) is 5.97 Å². The Morgan fingerprint density at radius 1 is 0.871 bits per heavy atom. The fourth-order valence-electron chi connectivity index (χ4n) is 6.69. The van der Waals surface area contributed by atoms with E-state index < -0.39 is 11.0 Å². The van der Waals surface area contributed by atoms with Gasteiger partial charge in [-0.05, 0) is 73.8 Å². The van der Waals surface area contributed by atoms with Gasteiger partial charge in [-0.1, -0.05) is 67.1 Å². The van der Waals surface area contributed by atoms with Gasteiger partial charge in [-0.2, -0.15) is 0 Å². The van der Waals surface area contributed by atoms with Crippen molar-refractivity contribution in [3.63, 3.8) is 0 Å². The zero-order valence-corrected chi connectivity index (χ0v) is 18.7. The first kappa shape index (κ1) is 19.1. The Bertz CT molecular complexity index is 1200. The standard InChI is InChI=1S/C29H30O2/c1-28(2,3)27(30)31-29(25-17-18-14-15-20(25)16-18)23-12-5-4-10-21(23)22-11-6-8-19-9-7-13-24(29)26(19)22/h4-13,18,20,25H,14-17H2,1-3H3.